The zero-order valence-corrected chi connectivity index (χ0v) is 14.2. The Morgan fingerprint density at radius 2 is 1.83 bits per heavy atom. The topological polar surface area (TPSA) is 83.9 Å². The molecule has 0 spiro atoms. The van der Waals surface area contributed by atoms with Gasteiger partial charge < -0.3 is 9.84 Å². The number of rotatable bonds is 5. The van der Waals surface area contributed by atoms with Gasteiger partial charge in [0.15, 0.2) is 12.5 Å². The third-order valence-corrected chi connectivity index (χ3v) is 4.33. The Bertz CT molecular complexity index is 705. The molecule has 1 heterocycles. The molecular formula is C18H21NO5. The molecule has 0 saturated carbocycles. The molecule has 1 amide bonds. The average molecular weight is 331 g/mol. The maximum atomic E-state index is 13.0. The summed E-state index contributed by atoms with van der Waals surface area (Å²) in [7, 11) is 0. The molecule has 1 atom stereocenters. The first kappa shape index (κ1) is 17.7. The Balaban J connectivity index is 2.39. The lowest BCUT2D eigenvalue weighted by Gasteiger charge is -2.41. The molecule has 0 fully saturated rings. The number of carboxylic acid groups (broad SMARTS) is 1. The maximum Gasteiger partial charge on any atom is 0.313 e. The Morgan fingerprint density at radius 1 is 1.25 bits per heavy atom. The second-order valence-corrected chi connectivity index (χ2v) is 6.29. The van der Waals surface area contributed by atoms with Crippen molar-refractivity contribution in [3.63, 3.8) is 0 Å². The molecule has 0 saturated heterocycles. The van der Waals surface area contributed by atoms with Crippen molar-refractivity contribution in [2.24, 2.45) is 5.92 Å². The quantitative estimate of drug-likeness (QED) is 0.837. The number of carbonyl (C=O) groups excluding carboxylic acids is 2. The van der Waals surface area contributed by atoms with E-state index in [-0.39, 0.29) is 12.6 Å². The number of ether oxygens (including phenoxy) is 1. The molecule has 6 heteroatoms. The number of Topliss-reactive ketones (excluding diaryl/α,β-unsaturated/α-hetero) is 1. The second kappa shape index (κ2) is 6.47. The summed E-state index contributed by atoms with van der Waals surface area (Å²) >= 11 is 0. The van der Waals surface area contributed by atoms with E-state index in [2.05, 4.69) is 0 Å². The van der Waals surface area contributed by atoms with E-state index in [1.54, 1.807) is 32.9 Å². The van der Waals surface area contributed by atoms with E-state index in [4.69, 9.17) is 9.84 Å². The molecule has 0 bridgehead atoms. The monoisotopic (exact) mass is 331 g/mol. The molecule has 1 aromatic carbocycles. The molecule has 6 nitrogen and oxygen atoms in total. The zero-order valence-electron chi connectivity index (χ0n) is 14.2. The van der Waals surface area contributed by atoms with Crippen molar-refractivity contribution in [2.75, 3.05) is 6.73 Å². The van der Waals surface area contributed by atoms with Crippen LogP contribution < -0.4 is 0 Å². The minimum atomic E-state index is -1.30. The second-order valence-electron chi connectivity index (χ2n) is 6.29. The standard InChI is InChI=1S/C18H21NO5/c1-11(17(22)23)15(20)18(3,4)19-10-24-12(2)14(16(19)21)13-8-6-5-7-9-13/h5-9,11H,10H2,1-4H3,(H,22,23). The third kappa shape index (κ3) is 3.04. The van der Waals surface area contributed by atoms with Gasteiger partial charge in [-0.15, -0.1) is 0 Å². The Labute approximate surface area is 140 Å². The first-order valence-electron chi connectivity index (χ1n) is 7.66. The van der Waals surface area contributed by atoms with Crippen LogP contribution in [0.2, 0.25) is 0 Å². The van der Waals surface area contributed by atoms with Crippen molar-refractivity contribution >= 4 is 23.2 Å². The van der Waals surface area contributed by atoms with Gasteiger partial charge in [-0.3, -0.25) is 19.3 Å². The third-order valence-electron chi connectivity index (χ3n) is 4.33. The summed E-state index contributed by atoms with van der Waals surface area (Å²) in [6, 6.07) is 9.04. The van der Waals surface area contributed by atoms with E-state index in [1.165, 1.54) is 11.8 Å². The predicted octanol–water partition coefficient (Wildman–Crippen LogP) is 2.30. The summed E-state index contributed by atoms with van der Waals surface area (Å²) in [5.74, 6) is -2.83. The van der Waals surface area contributed by atoms with Crippen molar-refractivity contribution in [3.8, 4) is 0 Å². The molecule has 2 rings (SSSR count). The van der Waals surface area contributed by atoms with Crippen LogP contribution in [-0.2, 0) is 19.1 Å². The number of ketones is 1. The normalized spacial score (nSPS) is 16.7. The lowest BCUT2D eigenvalue weighted by molar-refractivity contribution is -0.156. The molecule has 1 aliphatic heterocycles. The van der Waals surface area contributed by atoms with Crippen LogP contribution >= 0.6 is 0 Å². The fourth-order valence-corrected chi connectivity index (χ4v) is 2.70. The fraction of sp³-hybridized carbons (Fsp3) is 0.389. The van der Waals surface area contributed by atoms with Gasteiger partial charge in [0.1, 0.15) is 17.2 Å². The molecule has 128 valence electrons. The van der Waals surface area contributed by atoms with Gasteiger partial charge in [-0.2, -0.15) is 0 Å². The van der Waals surface area contributed by atoms with Crippen LogP contribution in [0.1, 0.15) is 33.3 Å². The molecule has 24 heavy (non-hydrogen) atoms. The van der Waals surface area contributed by atoms with E-state index < -0.39 is 23.2 Å². The summed E-state index contributed by atoms with van der Waals surface area (Å²) in [6.07, 6.45) is 0. The molecule has 1 aliphatic rings. The highest BCUT2D eigenvalue weighted by molar-refractivity contribution is 6.22. The van der Waals surface area contributed by atoms with Crippen molar-refractivity contribution in [1.29, 1.82) is 0 Å². The van der Waals surface area contributed by atoms with E-state index in [9.17, 15) is 14.4 Å². The van der Waals surface area contributed by atoms with Crippen LogP contribution in [0.15, 0.2) is 36.1 Å². The van der Waals surface area contributed by atoms with Crippen LogP contribution in [0, 0.1) is 5.92 Å². The summed E-state index contributed by atoms with van der Waals surface area (Å²) in [5.41, 5.74) is -0.222. The van der Waals surface area contributed by atoms with Gasteiger partial charge in [0, 0.05) is 0 Å². The van der Waals surface area contributed by atoms with Crippen molar-refractivity contribution in [2.45, 2.75) is 33.2 Å². The maximum absolute atomic E-state index is 13.0. The highest BCUT2D eigenvalue weighted by Crippen LogP contribution is 2.31. The summed E-state index contributed by atoms with van der Waals surface area (Å²) in [5, 5.41) is 9.09. The lowest BCUT2D eigenvalue weighted by Crippen LogP contribution is -2.57. The van der Waals surface area contributed by atoms with Crippen molar-refractivity contribution < 1.29 is 24.2 Å². The number of allylic oxidation sites excluding steroid dienone is 1. The van der Waals surface area contributed by atoms with E-state index in [0.717, 1.165) is 0 Å². The minimum Gasteiger partial charge on any atom is -0.481 e. The van der Waals surface area contributed by atoms with Gasteiger partial charge in [-0.1, -0.05) is 30.3 Å². The van der Waals surface area contributed by atoms with E-state index in [1.807, 2.05) is 18.2 Å². The first-order chi connectivity index (χ1) is 11.2. The number of carboxylic acids is 1. The fourth-order valence-electron chi connectivity index (χ4n) is 2.70. The number of benzene rings is 1. The Morgan fingerprint density at radius 3 is 2.38 bits per heavy atom. The SMILES string of the molecule is CC1=C(c2ccccc2)C(=O)N(C(C)(C)C(=O)C(C)C(=O)O)CO1. The van der Waals surface area contributed by atoms with E-state index >= 15 is 0 Å². The summed E-state index contributed by atoms with van der Waals surface area (Å²) in [6.45, 7) is 6.01. The summed E-state index contributed by atoms with van der Waals surface area (Å²) in [4.78, 5) is 37.9. The van der Waals surface area contributed by atoms with Crippen LogP contribution in [0.4, 0.5) is 0 Å². The molecule has 1 aromatic rings. The van der Waals surface area contributed by atoms with Gasteiger partial charge in [-0.25, -0.2) is 0 Å². The van der Waals surface area contributed by atoms with Gasteiger partial charge in [-0.05, 0) is 33.3 Å². The van der Waals surface area contributed by atoms with Gasteiger partial charge in [0.2, 0.25) is 0 Å². The van der Waals surface area contributed by atoms with Gasteiger partial charge in [0.05, 0.1) is 5.57 Å². The van der Waals surface area contributed by atoms with Crippen LogP contribution in [-0.4, -0.2) is 39.9 Å². The average Bonchev–Trinajstić information content (AvgIpc) is 2.54. The molecular weight excluding hydrogens is 310 g/mol. The van der Waals surface area contributed by atoms with Crippen LogP contribution in [0.5, 0.6) is 0 Å². The lowest BCUT2D eigenvalue weighted by atomic mass is 9.87. The first-order valence-corrected chi connectivity index (χ1v) is 7.66. The zero-order chi connectivity index (χ0) is 18.1. The largest absolute Gasteiger partial charge is 0.481 e. The highest BCUT2D eigenvalue weighted by atomic mass is 16.5. The number of nitrogens with zero attached hydrogens (tertiary/aromatic N) is 1. The molecule has 0 aromatic heterocycles. The van der Waals surface area contributed by atoms with E-state index in [0.29, 0.717) is 16.9 Å². The predicted molar refractivity (Wildman–Crippen MR) is 87.7 cm³/mol. The molecule has 1 unspecified atom stereocenters. The van der Waals surface area contributed by atoms with Crippen LogP contribution in [0.3, 0.4) is 0 Å². The molecule has 1 N–H and O–H groups in total. The van der Waals surface area contributed by atoms with Crippen molar-refractivity contribution in [3.05, 3.63) is 41.7 Å². The Kier molecular flexibility index (Phi) is 4.78. The Hall–Kier alpha value is -2.63. The highest BCUT2D eigenvalue weighted by Gasteiger charge is 2.44. The number of amides is 1. The number of aliphatic carboxylic acids is 1. The number of carbonyl (C=O) groups is 3. The van der Waals surface area contributed by atoms with Crippen molar-refractivity contribution in [1.82, 2.24) is 4.90 Å². The van der Waals surface area contributed by atoms with Gasteiger partial charge >= 0.3 is 5.97 Å². The molecule has 0 aliphatic carbocycles. The number of hydrogen-bond donors (Lipinski definition) is 1. The summed E-state index contributed by atoms with van der Waals surface area (Å²) < 4.78 is 5.59. The smallest absolute Gasteiger partial charge is 0.313 e. The van der Waals surface area contributed by atoms with Gasteiger partial charge in [0.25, 0.3) is 5.91 Å². The van der Waals surface area contributed by atoms with Crippen LogP contribution in [0.25, 0.3) is 5.57 Å². The molecule has 0 radical (unpaired) electrons. The number of hydrogen-bond acceptors (Lipinski definition) is 4. The minimum absolute atomic E-state index is 0.0912.